The molecule has 17 heavy (non-hydrogen) atoms. The largest absolute Gasteiger partial charge is 0.506 e. The van der Waals surface area contributed by atoms with Crippen LogP contribution in [0.3, 0.4) is 0 Å². The molecule has 0 saturated heterocycles. The number of aromatic nitrogens is 2. The van der Waals surface area contributed by atoms with Crippen LogP contribution in [0.2, 0.25) is 0 Å². The summed E-state index contributed by atoms with van der Waals surface area (Å²) in [7, 11) is 0. The second kappa shape index (κ2) is 3.67. The normalized spacial score (nSPS) is 11.2. The highest BCUT2D eigenvalue weighted by Crippen LogP contribution is 2.26. The van der Waals surface area contributed by atoms with Crippen LogP contribution in [0.4, 0.5) is 0 Å². The zero-order chi connectivity index (χ0) is 12.0. The first-order chi connectivity index (χ1) is 8.13. The lowest BCUT2D eigenvalue weighted by Gasteiger charge is -2.04. The highest BCUT2D eigenvalue weighted by atomic mass is 79.9. The zero-order valence-electron chi connectivity index (χ0n) is 9.11. The van der Waals surface area contributed by atoms with Crippen LogP contribution < -0.4 is 0 Å². The lowest BCUT2D eigenvalue weighted by molar-refractivity contribution is 0.480. The van der Waals surface area contributed by atoms with Crippen molar-refractivity contribution in [3.8, 4) is 5.75 Å². The minimum atomic E-state index is 0.175. The molecule has 0 aliphatic carbocycles. The van der Waals surface area contributed by atoms with Gasteiger partial charge >= 0.3 is 0 Å². The summed E-state index contributed by atoms with van der Waals surface area (Å²) >= 11 is 3.40. The van der Waals surface area contributed by atoms with Gasteiger partial charge in [0.1, 0.15) is 11.3 Å². The number of phenolic OH excluding ortho intramolecular Hbond substituents is 1. The quantitative estimate of drug-likeness (QED) is 0.644. The van der Waals surface area contributed by atoms with Crippen LogP contribution in [0.15, 0.2) is 34.8 Å². The first kappa shape index (κ1) is 10.5. The number of nitrogens with zero attached hydrogens (tertiary/aromatic N) is 2. The molecule has 1 heterocycles. The summed E-state index contributed by atoms with van der Waals surface area (Å²) < 4.78 is 0.949. The van der Waals surface area contributed by atoms with Crippen LogP contribution in [0.1, 0.15) is 5.56 Å². The van der Waals surface area contributed by atoms with Crippen LogP contribution in [0, 0.1) is 6.92 Å². The van der Waals surface area contributed by atoms with Crippen LogP contribution in [-0.4, -0.2) is 15.1 Å². The van der Waals surface area contributed by atoms with Crippen molar-refractivity contribution < 1.29 is 5.11 Å². The molecule has 0 fully saturated rings. The molecule has 2 aromatic carbocycles. The summed E-state index contributed by atoms with van der Waals surface area (Å²) in [5.74, 6) is 0.175. The Morgan fingerprint density at radius 3 is 2.65 bits per heavy atom. The van der Waals surface area contributed by atoms with Crippen molar-refractivity contribution in [1.82, 2.24) is 9.97 Å². The topological polar surface area (TPSA) is 46.0 Å². The SMILES string of the molecule is Cc1cc(O)c2nc3cc(Br)ccc3nc2c1. The number of aryl methyl sites for hydroxylation is 1. The molecule has 0 radical (unpaired) electrons. The molecule has 1 aromatic heterocycles. The average Bonchev–Trinajstić information content (AvgIpc) is 2.27. The molecule has 0 atom stereocenters. The van der Waals surface area contributed by atoms with E-state index in [1.807, 2.05) is 31.2 Å². The molecule has 4 heteroatoms. The molecule has 0 bridgehead atoms. The molecule has 1 N–H and O–H groups in total. The van der Waals surface area contributed by atoms with Crippen LogP contribution in [-0.2, 0) is 0 Å². The fourth-order valence-electron chi connectivity index (χ4n) is 1.87. The lowest BCUT2D eigenvalue weighted by Crippen LogP contribution is -1.89. The molecule has 3 nitrogen and oxygen atoms in total. The fourth-order valence-corrected chi connectivity index (χ4v) is 2.22. The number of aromatic hydroxyl groups is 1. The molecule has 84 valence electrons. The van der Waals surface area contributed by atoms with E-state index in [1.54, 1.807) is 6.07 Å². The van der Waals surface area contributed by atoms with Crippen molar-refractivity contribution in [2.45, 2.75) is 6.92 Å². The van der Waals surface area contributed by atoms with E-state index >= 15 is 0 Å². The summed E-state index contributed by atoms with van der Waals surface area (Å²) in [6, 6.07) is 9.34. The van der Waals surface area contributed by atoms with Gasteiger partial charge in [-0.05, 0) is 42.8 Å². The number of phenols is 1. The number of hydrogen-bond acceptors (Lipinski definition) is 3. The summed E-state index contributed by atoms with van der Waals surface area (Å²) in [4.78, 5) is 8.93. The van der Waals surface area contributed by atoms with Crippen molar-refractivity contribution in [2.75, 3.05) is 0 Å². The fraction of sp³-hybridized carbons (Fsp3) is 0.0769. The van der Waals surface area contributed by atoms with E-state index in [-0.39, 0.29) is 5.75 Å². The predicted molar refractivity (Wildman–Crippen MR) is 71.1 cm³/mol. The molecule has 0 aliphatic rings. The number of fused-ring (bicyclic) bond motifs is 2. The summed E-state index contributed by atoms with van der Waals surface area (Å²) in [5.41, 5.74) is 3.83. The van der Waals surface area contributed by atoms with E-state index in [2.05, 4.69) is 25.9 Å². The summed E-state index contributed by atoms with van der Waals surface area (Å²) in [6.45, 7) is 1.92. The van der Waals surface area contributed by atoms with Gasteiger partial charge in [0.05, 0.1) is 16.6 Å². The highest BCUT2D eigenvalue weighted by molar-refractivity contribution is 9.10. The second-order valence-electron chi connectivity index (χ2n) is 4.01. The maximum Gasteiger partial charge on any atom is 0.143 e. The maximum atomic E-state index is 9.87. The average molecular weight is 289 g/mol. The standard InChI is InChI=1S/C13H9BrN2O/c1-7-4-11-13(12(17)5-7)16-10-6-8(14)2-3-9(10)15-11/h2-6,17H,1H3. The Morgan fingerprint density at radius 2 is 1.82 bits per heavy atom. The Balaban J connectivity index is 2.48. The molecule has 0 spiro atoms. The number of benzene rings is 2. The first-order valence-electron chi connectivity index (χ1n) is 5.20. The third-order valence-electron chi connectivity index (χ3n) is 2.62. The van der Waals surface area contributed by atoms with Gasteiger partial charge in [0.25, 0.3) is 0 Å². The zero-order valence-corrected chi connectivity index (χ0v) is 10.7. The molecule has 3 aromatic rings. The van der Waals surface area contributed by atoms with E-state index < -0.39 is 0 Å². The lowest BCUT2D eigenvalue weighted by atomic mass is 10.2. The molecule has 0 unspecified atom stereocenters. The predicted octanol–water partition coefficient (Wildman–Crippen LogP) is 3.56. The van der Waals surface area contributed by atoms with Gasteiger partial charge in [0.15, 0.2) is 0 Å². The van der Waals surface area contributed by atoms with Crippen molar-refractivity contribution in [3.63, 3.8) is 0 Å². The van der Waals surface area contributed by atoms with Gasteiger partial charge in [-0.25, -0.2) is 9.97 Å². The Kier molecular flexibility index (Phi) is 2.26. The van der Waals surface area contributed by atoms with Crippen LogP contribution >= 0.6 is 15.9 Å². The molecular weight excluding hydrogens is 280 g/mol. The van der Waals surface area contributed by atoms with Gasteiger partial charge in [-0.1, -0.05) is 15.9 Å². The number of rotatable bonds is 0. The Labute approximate surface area is 106 Å². The first-order valence-corrected chi connectivity index (χ1v) is 5.99. The Morgan fingerprint density at radius 1 is 1.00 bits per heavy atom. The minimum absolute atomic E-state index is 0.175. The van der Waals surface area contributed by atoms with Crippen LogP contribution in [0.25, 0.3) is 22.1 Å². The minimum Gasteiger partial charge on any atom is -0.506 e. The third-order valence-corrected chi connectivity index (χ3v) is 3.12. The van der Waals surface area contributed by atoms with Gasteiger partial charge in [-0.15, -0.1) is 0 Å². The number of halogens is 1. The summed E-state index contributed by atoms with van der Waals surface area (Å²) in [6.07, 6.45) is 0. The van der Waals surface area contributed by atoms with E-state index in [4.69, 9.17) is 0 Å². The van der Waals surface area contributed by atoms with E-state index in [0.717, 1.165) is 26.6 Å². The Bertz CT molecular complexity index is 740. The molecule has 3 rings (SSSR count). The van der Waals surface area contributed by atoms with Gasteiger partial charge in [-0.3, -0.25) is 0 Å². The van der Waals surface area contributed by atoms with Crippen molar-refractivity contribution in [3.05, 3.63) is 40.4 Å². The van der Waals surface area contributed by atoms with Crippen molar-refractivity contribution >= 4 is 38.0 Å². The monoisotopic (exact) mass is 288 g/mol. The van der Waals surface area contributed by atoms with E-state index in [9.17, 15) is 5.11 Å². The molecular formula is C13H9BrN2O. The molecule has 0 aliphatic heterocycles. The third kappa shape index (κ3) is 1.74. The van der Waals surface area contributed by atoms with Crippen molar-refractivity contribution in [1.29, 1.82) is 0 Å². The van der Waals surface area contributed by atoms with Gasteiger partial charge < -0.3 is 5.11 Å². The second-order valence-corrected chi connectivity index (χ2v) is 4.92. The van der Waals surface area contributed by atoms with Crippen LogP contribution in [0.5, 0.6) is 5.75 Å². The van der Waals surface area contributed by atoms with E-state index in [0.29, 0.717) is 5.52 Å². The number of hydrogen-bond donors (Lipinski definition) is 1. The van der Waals surface area contributed by atoms with Crippen molar-refractivity contribution in [2.24, 2.45) is 0 Å². The van der Waals surface area contributed by atoms with Gasteiger partial charge in [0.2, 0.25) is 0 Å². The smallest absolute Gasteiger partial charge is 0.143 e. The van der Waals surface area contributed by atoms with Gasteiger partial charge in [0, 0.05) is 4.47 Å². The molecule has 0 saturated carbocycles. The summed E-state index contributed by atoms with van der Waals surface area (Å²) in [5, 5.41) is 9.87. The Hall–Kier alpha value is -1.68. The highest BCUT2D eigenvalue weighted by Gasteiger charge is 2.06. The van der Waals surface area contributed by atoms with E-state index in [1.165, 1.54) is 0 Å². The molecule has 0 amide bonds. The maximum absolute atomic E-state index is 9.87. The van der Waals surface area contributed by atoms with Gasteiger partial charge in [-0.2, -0.15) is 0 Å².